The normalized spacial score (nSPS) is 12.6. The first-order valence-corrected chi connectivity index (χ1v) is 13.5. The Morgan fingerprint density at radius 1 is 0.487 bits per heavy atom. The molecule has 0 N–H and O–H groups in total. The molecule has 0 bridgehead atoms. The molecular weight excluding hydrogens is 471 g/mol. The molecule has 0 amide bonds. The number of pyridine rings is 1. The third-order valence-electron chi connectivity index (χ3n) is 8.22. The van der Waals surface area contributed by atoms with Gasteiger partial charge < -0.3 is 4.81 Å². The van der Waals surface area contributed by atoms with E-state index in [1.165, 1.54) is 66.8 Å². The molecule has 1 aromatic heterocycles. The number of benzene rings is 5. The van der Waals surface area contributed by atoms with Crippen molar-refractivity contribution in [2.45, 2.75) is 6.92 Å². The van der Waals surface area contributed by atoms with Crippen LogP contribution in [0.5, 0.6) is 0 Å². The van der Waals surface area contributed by atoms with Crippen molar-refractivity contribution < 1.29 is 0 Å². The Hall–Kier alpha value is -4.89. The van der Waals surface area contributed by atoms with Crippen molar-refractivity contribution in [3.05, 3.63) is 139 Å². The first-order valence-electron chi connectivity index (χ1n) is 13.5. The Kier molecular flexibility index (Phi) is 4.87. The van der Waals surface area contributed by atoms with E-state index >= 15 is 0 Å². The molecule has 0 atom stereocenters. The summed E-state index contributed by atoms with van der Waals surface area (Å²) in [5, 5.41) is 0. The SMILES string of the molecule is Cc1cc(-c2ccc(-c3ccc4c(c3)B3c5ccccc5-c5ccccc5N3c3ccccc3-4)cc2)ccn1. The number of hydrogen-bond acceptors (Lipinski definition) is 2. The lowest BCUT2D eigenvalue weighted by atomic mass is 9.43. The first kappa shape index (κ1) is 22.1. The lowest BCUT2D eigenvalue weighted by molar-refractivity contribution is 1.20. The third-order valence-corrected chi connectivity index (χ3v) is 8.22. The van der Waals surface area contributed by atoms with Crippen LogP contribution in [0.2, 0.25) is 0 Å². The molecule has 0 radical (unpaired) electrons. The van der Waals surface area contributed by atoms with Gasteiger partial charge in [-0.15, -0.1) is 0 Å². The zero-order valence-corrected chi connectivity index (χ0v) is 21.7. The fourth-order valence-corrected chi connectivity index (χ4v) is 6.45. The van der Waals surface area contributed by atoms with Gasteiger partial charge in [0.25, 0.3) is 0 Å². The number of nitrogens with zero attached hydrogens (tertiary/aromatic N) is 2. The lowest BCUT2D eigenvalue weighted by Gasteiger charge is -2.43. The van der Waals surface area contributed by atoms with Gasteiger partial charge in [-0.05, 0) is 75.5 Å². The number of aromatic nitrogens is 1. The van der Waals surface area contributed by atoms with Gasteiger partial charge in [-0.3, -0.25) is 4.98 Å². The number of hydrogen-bond donors (Lipinski definition) is 0. The molecule has 0 saturated carbocycles. The number of aryl methyl sites for hydroxylation is 1. The smallest absolute Gasteiger partial charge is 0.329 e. The van der Waals surface area contributed by atoms with E-state index in [0.29, 0.717) is 0 Å². The molecule has 3 heteroatoms. The van der Waals surface area contributed by atoms with Crippen LogP contribution in [0.25, 0.3) is 44.5 Å². The minimum atomic E-state index is 0.111. The average molecular weight is 496 g/mol. The molecule has 0 unspecified atom stereocenters. The van der Waals surface area contributed by atoms with Crippen LogP contribution in [-0.2, 0) is 0 Å². The first-order chi connectivity index (χ1) is 19.3. The van der Waals surface area contributed by atoms with E-state index in [2.05, 4.69) is 137 Å². The topological polar surface area (TPSA) is 16.1 Å². The summed E-state index contributed by atoms with van der Waals surface area (Å²) in [5.74, 6) is 0. The monoisotopic (exact) mass is 496 g/mol. The molecule has 6 aromatic rings. The molecule has 5 aromatic carbocycles. The molecule has 0 saturated heterocycles. The Labute approximate surface area is 229 Å². The van der Waals surface area contributed by atoms with Gasteiger partial charge in [0, 0.05) is 34.4 Å². The summed E-state index contributed by atoms with van der Waals surface area (Å²) in [6, 6.07) is 46.7. The summed E-state index contributed by atoms with van der Waals surface area (Å²) in [6.07, 6.45) is 1.88. The van der Waals surface area contributed by atoms with Crippen molar-refractivity contribution in [2.24, 2.45) is 0 Å². The molecule has 182 valence electrons. The Bertz CT molecular complexity index is 1890. The van der Waals surface area contributed by atoms with Crippen molar-refractivity contribution in [3.63, 3.8) is 0 Å². The van der Waals surface area contributed by atoms with E-state index in [4.69, 9.17) is 0 Å². The number of fused-ring (bicyclic) bond motifs is 11. The zero-order chi connectivity index (χ0) is 25.9. The third kappa shape index (κ3) is 3.40. The van der Waals surface area contributed by atoms with E-state index in [-0.39, 0.29) is 6.85 Å². The average Bonchev–Trinajstić information content (AvgIpc) is 3.00. The fraction of sp³-hybridized carbons (Fsp3) is 0.0278. The maximum absolute atomic E-state index is 4.35. The Morgan fingerprint density at radius 3 is 1.69 bits per heavy atom. The van der Waals surface area contributed by atoms with Gasteiger partial charge in [-0.2, -0.15) is 0 Å². The Balaban J connectivity index is 1.31. The van der Waals surface area contributed by atoms with Crippen molar-refractivity contribution in [3.8, 4) is 44.5 Å². The van der Waals surface area contributed by atoms with Crippen LogP contribution in [0, 0.1) is 6.92 Å². The lowest BCUT2D eigenvalue weighted by Crippen LogP contribution is -2.59. The van der Waals surface area contributed by atoms with Crippen LogP contribution in [0.4, 0.5) is 11.4 Å². The van der Waals surface area contributed by atoms with E-state index < -0.39 is 0 Å². The minimum absolute atomic E-state index is 0.111. The van der Waals surface area contributed by atoms with Crippen molar-refractivity contribution >= 4 is 29.1 Å². The highest BCUT2D eigenvalue weighted by molar-refractivity contribution is 6.92. The zero-order valence-electron chi connectivity index (χ0n) is 21.7. The second kappa shape index (κ2) is 8.57. The maximum Gasteiger partial charge on any atom is 0.329 e. The summed E-state index contributed by atoms with van der Waals surface area (Å²) < 4.78 is 0. The van der Waals surface area contributed by atoms with Gasteiger partial charge in [0.2, 0.25) is 0 Å². The largest absolute Gasteiger partial charge is 0.376 e. The van der Waals surface area contributed by atoms with Crippen LogP contribution in [-0.4, -0.2) is 11.8 Å². The van der Waals surface area contributed by atoms with E-state index in [0.717, 1.165) is 5.69 Å². The summed E-state index contributed by atoms with van der Waals surface area (Å²) in [6.45, 7) is 2.15. The molecule has 0 fully saturated rings. The summed E-state index contributed by atoms with van der Waals surface area (Å²) in [7, 11) is 0. The van der Waals surface area contributed by atoms with Crippen LogP contribution >= 0.6 is 0 Å². The van der Waals surface area contributed by atoms with Gasteiger partial charge >= 0.3 is 6.85 Å². The van der Waals surface area contributed by atoms with Crippen molar-refractivity contribution in [1.82, 2.24) is 4.98 Å². The second-order valence-corrected chi connectivity index (χ2v) is 10.5. The quantitative estimate of drug-likeness (QED) is 0.229. The highest BCUT2D eigenvalue weighted by Gasteiger charge is 2.41. The molecular formula is C36H25BN2. The minimum Gasteiger partial charge on any atom is -0.376 e. The molecule has 2 aliphatic heterocycles. The summed E-state index contributed by atoms with van der Waals surface area (Å²) in [5.41, 5.74) is 16.3. The molecule has 0 aliphatic carbocycles. The van der Waals surface area contributed by atoms with E-state index in [1.54, 1.807) is 0 Å². The second-order valence-electron chi connectivity index (χ2n) is 10.5. The summed E-state index contributed by atoms with van der Waals surface area (Å²) >= 11 is 0. The van der Waals surface area contributed by atoms with Gasteiger partial charge in [0.15, 0.2) is 0 Å². The van der Waals surface area contributed by atoms with Gasteiger partial charge in [0.05, 0.1) is 0 Å². The van der Waals surface area contributed by atoms with E-state index in [1.807, 2.05) is 13.1 Å². The number of rotatable bonds is 2. The predicted octanol–water partition coefficient (Wildman–Crippen LogP) is 7.63. The van der Waals surface area contributed by atoms with Crippen molar-refractivity contribution in [2.75, 3.05) is 4.81 Å². The number of para-hydroxylation sites is 2. The molecule has 39 heavy (non-hydrogen) atoms. The van der Waals surface area contributed by atoms with Crippen LogP contribution in [0.3, 0.4) is 0 Å². The van der Waals surface area contributed by atoms with Gasteiger partial charge in [-0.1, -0.05) is 103 Å². The van der Waals surface area contributed by atoms with Crippen LogP contribution in [0.1, 0.15) is 5.69 Å². The highest BCUT2D eigenvalue weighted by Crippen LogP contribution is 2.45. The fourth-order valence-electron chi connectivity index (χ4n) is 6.45. The molecule has 3 heterocycles. The van der Waals surface area contributed by atoms with E-state index in [9.17, 15) is 0 Å². The van der Waals surface area contributed by atoms with Gasteiger partial charge in [0.1, 0.15) is 0 Å². The molecule has 8 rings (SSSR count). The molecule has 2 nitrogen and oxygen atoms in total. The molecule has 2 aliphatic rings. The highest BCUT2D eigenvalue weighted by atomic mass is 15.1. The molecule has 0 spiro atoms. The standard InChI is InChI=1S/C36H25BN2/c1-24-22-28(20-21-38-24)26-16-14-25(15-17-26)27-18-19-30-32-10-4-7-13-36(32)39-35-12-6-3-9-31(35)29-8-2-5-11-33(29)37(39)34(30)23-27/h2-23H,1H3. The van der Waals surface area contributed by atoms with Crippen LogP contribution in [0.15, 0.2) is 134 Å². The number of anilines is 2. The van der Waals surface area contributed by atoms with Gasteiger partial charge in [-0.25, -0.2) is 0 Å². The summed E-state index contributed by atoms with van der Waals surface area (Å²) in [4.78, 5) is 6.90. The maximum atomic E-state index is 4.35. The predicted molar refractivity (Wildman–Crippen MR) is 164 cm³/mol. The Morgan fingerprint density at radius 2 is 1.03 bits per heavy atom. The van der Waals surface area contributed by atoms with Crippen LogP contribution < -0.4 is 15.7 Å². The van der Waals surface area contributed by atoms with Crippen molar-refractivity contribution in [1.29, 1.82) is 0 Å².